The van der Waals surface area contributed by atoms with Crippen LogP contribution in [0.5, 0.6) is 0 Å². The van der Waals surface area contributed by atoms with Crippen LogP contribution in [0, 0.1) is 11.8 Å². The molecule has 106 valence electrons. The Bertz CT molecular complexity index is 580. The number of hydrogen-bond donors (Lipinski definition) is 1. The number of fused-ring (bicyclic) bond motifs is 1. The third-order valence-corrected chi connectivity index (χ3v) is 4.46. The van der Waals surface area contributed by atoms with Crippen molar-refractivity contribution in [2.24, 2.45) is 11.8 Å². The second-order valence-electron chi connectivity index (χ2n) is 5.76. The molecule has 3 atom stereocenters. The van der Waals surface area contributed by atoms with Crippen LogP contribution in [-0.2, 0) is 6.54 Å². The lowest BCUT2D eigenvalue weighted by molar-refractivity contribution is 0.123. The molecule has 1 saturated carbocycles. The van der Waals surface area contributed by atoms with Crippen molar-refractivity contribution in [2.75, 3.05) is 13.1 Å². The van der Waals surface area contributed by atoms with Gasteiger partial charge in [-0.1, -0.05) is 5.16 Å². The quantitative estimate of drug-likeness (QED) is 0.915. The first kappa shape index (κ1) is 12.1. The molecule has 6 nitrogen and oxygen atoms in total. The van der Waals surface area contributed by atoms with Gasteiger partial charge in [0.15, 0.2) is 11.6 Å². The Hall–Kier alpha value is -1.66. The maximum Gasteiger partial charge on any atom is 0.293 e. The molecular formula is C14H17N3O3. The molecule has 0 aromatic carbocycles. The van der Waals surface area contributed by atoms with Crippen LogP contribution < -0.4 is 0 Å². The highest BCUT2D eigenvalue weighted by atomic mass is 16.5. The molecule has 1 aliphatic heterocycles. The standard InChI is InChI=1S/C14H17N3O3/c18-11-4-3-9-6-17(7-10(9)11)8-13-15-14(20-16-13)12-2-1-5-19-12/h1-2,5,9-11,18H,3-4,6-8H2. The van der Waals surface area contributed by atoms with E-state index >= 15 is 0 Å². The Kier molecular flexibility index (Phi) is 2.85. The number of aliphatic hydroxyl groups is 1. The number of rotatable bonds is 3. The van der Waals surface area contributed by atoms with E-state index in [1.54, 1.807) is 18.4 Å². The van der Waals surface area contributed by atoms with Crippen molar-refractivity contribution in [1.82, 2.24) is 15.0 Å². The summed E-state index contributed by atoms with van der Waals surface area (Å²) in [5.41, 5.74) is 0. The first-order valence-corrected chi connectivity index (χ1v) is 7.06. The Labute approximate surface area is 116 Å². The molecule has 20 heavy (non-hydrogen) atoms. The zero-order valence-electron chi connectivity index (χ0n) is 11.1. The maximum absolute atomic E-state index is 9.92. The van der Waals surface area contributed by atoms with Gasteiger partial charge in [-0.05, 0) is 30.9 Å². The molecule has 2 aromatic rings. The van der Waals surface area contributed by atoms with E-state index in [2.05, 4.69) is 15.0 Å². The van der Waals surface area contributed by atoms with Gasteiger partial charge >= 0.3 is 0 Å². The van der Waals surface area contributed by atoms with Crippen molar-refractivity contribution >= 4 is 0 Å². The summed E-state index contributed by atoms with van der Waals surface area (Å²) in [5, 5.41) is 13.9. The van der Waals surface area contributed by atoms with Crippen molar-refractivity contribution in [3.8, 4) is 11.7 Å². The lowest BCUT2D eigenvalue weighted by atomic mass is 10.00. The van der Waals surface area contributed by atoms with Gasteiger partial charge in [-0.3, -0.25) is 4.90 Å². The van der Waals surface area contributed by atoms with E-state index in [1.165, 1.54) is 0 Å². The molecule has 0 bridgehead atoms. The summed E-state index contributed by atoms with van der Waals surface area (Å²) in [6.45, 7) is 2.62. The van der Waals surface area contributed by atoms with Crippen LogP contribution in [0.4, 0.5) is 0 Å². The van der Waals surface area contributed by atoms with E-state index in [4.69, 9.17) is 8.94 Å². The summed E-state index contributed by atoms with van der Waals surface area (Å²) in [6, 6.07) is 3.59. The third kappa shape index (κ3) is 2.05. The van der Waals surface area contributed by atoms with Gasteiger partial charge in [0.05, 0.1) is 18.9 Å². The Morgan fingerprint density at radius 3 is 3.10 bits per heavy atom. The van der Waals surface area contributed by atoms with E-state index in [-0.39, 0.29) is 6.10 Å². The molecule has 2 fully saturated rings. The van der Waals surface area contributed by atoms with Crippen molar-refractivity contribution in [1.29, 1.82) is 0 Å². The van der Waals surface area contributed by atoms with E-state index < -0.39 is 0 Å². The van der Waals surface area contributed by atoms with Gasteiger partial charge in [0, 0.05) is 19.0 Å². The number of nitrogens with zero attached hydrogens (tertiary/aromatic N) is 3. The summed E-state index contributed by atoms with van der Waals surface area (Å²) < 4.78 is 10.4. The van der Waals surface area contributed by atoms with Gasteiger partial charge in [-0.15, -0.1) is 0 Å². The van der Waals surface area contributed by atoms with Gasteiger partial charge in [0.25, 0.3) is 5.89 Å². The van der Waals surface area contributed by atoms with Gasteiger partial charge in [0.2, 0.25) is 0 Å². The van der Waals surface area contributed by atoms with Crippen molar-refractivity contribution in [2.45, 2.75) is 25.5 Å². The first-order chi connectivity index (χ1) is 9.79. The number of furan rings is 1. The topological polar surface area (TPSA) is 75.5 Å². The van der Waals surface area contributed by atoms with Gasteiger partial charge in [-0.2, -0.15) is 4.98 Å². The molecule has 3 unspecified atom stereocenters. The second-order valence-corrected chi connectivity index (χ2v) is 5.76. The first-order valence-electron chi connectivity index (χ1n) is 7.06. The molecular weight excluding hydrogens is 258 g/mol. The fourth-order valence-corrected chi connectivity index (χ4v) is 3.48. The molecule has 4 rings (SSSR count). The molecule has 0 spiro atoms. The van der Waals surface area contributed by atoms with Crippen LogP contribution >= 0.6 is 0 Å². The normalized spacial score (nSPS) is 29.9. The smallest absolute Gasteiger partial charge is 0.293 e. The molecule has 1 N–H and O–H groups in total. The molecule has 2 aliphatic rings. The van der Waals surface area contributed by atoms with Crippen LogP contribution in [0.1, 0.15) is 18.7 Å². The van der Waals surface area contributed by atoms with Gasteiger partial charge in [-0.25, -0.2) is 0 Å². The highest BCUT2D eigenvalue weighted by Gasteiger charge is 2.41. The van der Waals surface area contributed by atoms with Crippen LogP contribution in [0.25, 0.3) is 11.7 Å². The van der Waals surface area contributed by atoms with Crippen LogP contribution in [0.15, 0.2) is 27.3 Å². The van der Waals surface area contributed by atoms with Crippen molar-refractivity contribution in [3.05, 3.63) is 24.2 Å². The maximum atomic E-state index is 9.92. The molecule has 0 radical (unpaired) electrons. The van der Waals surface area contributed by atoms with Gasteiger partial charge in [0.1, 0.15) is 0 Å². The molecule has 2 aromatic heterocycles. The SMILES string of the molecule is OC1CCC2CN(Cc3noc(-c4ccco4)n3)CC12. The predicted octanol–water partition coefficient (Wildman–Crippen LogP) is 1.53. The van der Waals surface area contributed by atoms with Crippen molar-refractivity contribution < 1.29 is 14.0 Å². The lowest BCUT2D eigenvalue weighted by Crippen LogP contribution is -2.24. The zero-order chi connectivity index (χ0) is 13.5. The predicted molar refractivity (Wildman–Crippen MR) is 69.5 cm³/mol. The highest BCUT2D eigenvalue weighted by molar-refractivity contribution is 5.42. The summed E-state index contributed by atoms with van der Waals surface area (Å²) >= 11 is 0. The molecule has 6 heteroatoms. The van der Waals surface area contributed by atoms with Crippen molar-refractivity contribution in [3.63, 3.8) is 0 Å². The minimum atomic E-state index is -0.131. The molecule has 1 aliphatic carbocycles. The van der Waals surface area contributed by atoms with E-state index in [9.17, 15) is 5.11 Å². The number of hydrogen-bond acceptors (Lipinski definition) is 6. The highest BCUT2D eigenvalue weighted by Crippen LogP contribution is 2.38. The molecule has 3 heterocycles. The zero-order valence-corrected chi connectivity index (χ0v) is 11.1. The number of aliphatic hydroxyl groups excluding tert-OH is 1. The summed E-state index contributed by atoms with van der Waals surface area (Å²) in [5.74, 6) is 2.74. The number of likely N-dealkylation sites (tertiary alicyclic amines) is 1. The summed E-state index contributed by atoms with van der Waals surface area (Å²) in [6.07, 6.45) is 3.54. The average Bonchev–Trinajstić information content (AvgIpc) is 3.17. The Morgan fingerprint density at radius 1 is 1.35 bits per heavy atom. The monoisotopic (exact) mass is 275 g/mol. The molecule has 0 amide bonds. The van der Waals surface area contributed by atoms with Gasteiger partial charge < -0.3 is 14.0 Å². The second kappa shape index (κ2) is 4.71. The Balaban J connectivity index is 1.43. The largest absolute Gasteiger partial charge is 0.459 e. The molecule has 1 saturated heterocycles. The van der Waals surface area contributed by atoms with Crippen LogP contribution in [-0.4, -0.2) is 39.3 Å². The minimum Gasteiger partial charge on any atom is -0.459 e. The fourth-order valence-electron chi connectivity index (χ4n) is 3.48. The van der Waals surface area contributed by atoms with Crippen LogP contribution in [0.2, 0.25) is 0 Å². The average molecular weight is 275 g/mol. The minimum absolute atomic E-state index is 0.131. The lowest BCUT2D eigenvalue weighted by Gasteiger charge is -2.15. The fraction of sp³-hybridized carbons (Fsp3) is 0.571. The third-order valence-electron chi connectivity index (χ3n) is 4.46. The van der Waals surface area contributed by atoms with E-state index in [1.807, 2.05) is 0 Å². The Morgan fingerprint density at radius 2 is 2.30 bits per heavy atom. The van der Waals surface area contributed by atoms with E-state index in [0.29, 0.717) is 35.9 Å². The van der Waals surface area contributed by atoms with E-state index in [0.717, 1.165) is 25.9 Å². The van der Waals surface area contributed by atoms with Crippen LogP contribution in [0.3, 0.4) is 0 Å². The summed E-state index contributed by atoms with van der Waals surface area (Å²) in [7, 11) is 0. The number of aromatic nitrogens is 2. The summed E-state index contributed by atoms with van der Waals surface area (Å²) in [4.78, 5) is 6.65.